The third-order valence-corrected chi connectivity index (χ3v) is 7.69. The van der Waals surface area contributed by atoms with Gasteiger partial charge in [0.25, 0.3) is 0 Å². The van der Waals surface area contributed by atoms with Gasteiger partial charge in [-0.05, 0) is 55.0 Å². The normalized spacial score (nSPS) is 20.9. The van der Waals surface area contributed by atoms with E-state index in [1.54, 1.807) is 0 Å². The third-order valence-electron chi connectivity index (χ3n) is 7.69. The van der Waals surface area contributed by atoms with Crippen LogP contribution in [0, 0.1) is 5.92 Å². The monoisotopic (exact) mass is 444 g/mol. The van der Waals surface area contributed by atoms with E-state index in [1.807, 2.05) is 18.6 Å². The maximum absolute atomic E-state index is 5.66. The summed E-state index contributed by atoms with van der Waals surface area (Å²) in [4.78, 5) is 9.72. The second-order valence-electron chi connectivity index (χ2n) is 9.37. The van der Waals surface area contributed by atoms with Gasteiger partial charge in [0.15, 0.2) is 0 Å². The Kier molecular flexibility index (Phi) is 4.31. The molecule has 0 radical (unpaired) electrons. The van der Waals surface area contributed by atoms with Gasteiger partial charge in [-0.3, -0.25) is 9.55 Å². The van der Waals surface area contributed by atoms with Crippen molar-refractivity contribution in [2.45, 2.75) is 31.1 Å². The van der Waals surface area contributed by atoms with Gasteiger partial charge in [0.2, 0.25) is 0 Å². The molecule has 0 N–H and O–H groups in total. The van der Waals surface area contributed by atoms with Gasteiger partial charge < -0.3 is 4.52 Å². The van der Waals surface area contributed by atoms with Crippen molar-refractivity contribution in [3.05, 3.63) is 120 Å². The molecule has 0 spiro atoms. The summed E-state index contributed by atoms with van der Waals surface area (Å²) in [5.41, 5.74) is 7.03. The van der Waals surface area contributed by atoms with E-state index in [4.69, 9.17) is 9.51 Å². The molecule has 2 aliphatic rings. The van der Waals surface area contributed by atoms with Crippen LogP contribution in [0.2, 0.25) is 0 Å². The number of hydrogen-bond acceptors (Lipinski definition) is 4. The lowest BCUT2D eigenvalue weighted by Gasteiger charge is -2.46. The van der Waals surface area contributed by atoms with Crippen LogP contribution in [0.1, 0.15) is 34.7 Å². The number of fused-ring (bicyclic) bond motifs is 4. The Balaban J connectivity index is 1.54. The topological polar surface area (TPSA) is 56.7 Å². The van der Waals surface area contributed by atoms with Crippen LogP contribution in [-0.2, 0) is 24.7 Å². The molecule has 2 aliphatic carbocycles. The number of benzene rings is 2. The van der Waals surface area contributed by atoms with Crippen LogP contribution in [-0.4, -0.2) is 19.7 Å². The molecule has 5 aromatic rings. The van der Waals surface area contributed by atoms with Gasteiger partial charge in [0.05, 0.1) is 11.9 Å². The van der Waals surface area contributed by atoms with E-state index >= 15 is 0 Å². The predicted octanol–water partition coefficient (Wildman–Crippen LogP) is 5.57. The molecule has 0 saturated heterocycles. The molecule has 2 atom stereocenters. The molecular formula is C29H24N4O. The zero-order valence-corrected chi connectivity index (χ0v) is 18.8. The van der Waals surface area contributed by atoms with Crippen LogP contribution in [0.5, 0.6) is 0 Å². The Hall–Kier alpha value is -3.99. The van der Waals surface area contributed by atoms with Crippen molar-refractivity contribution in [2.24, 2.45) is 5.92 Å². The molecule has 34 heavy (non-hydrogen) atoms. The van der Waals surface area contributed by atoms with E-state index in [1.165, 1.54) is 22.5 Å². The Labute approximate surface area is 198 Å². The maximum atomic E-state index is 5.66. The first-order valence-electron chi connectivity index (χ1n) is 11.9. The number of pyridine rings is 1. The average Bonchev–Trinajstić information content (AvgIpc) is 3.53. The van der Waals surface area contributed by atoms with Crippen molar-refractivity contribution in [1.29, 1.82) is 0 Å². The Bertz CT molecular complexity index is 1460. The highest BCUT2D eigenvalue weighted by atomic mass is 16.5. The first-order chi connectivity index (χ1) is 16.8. The minimum absolute atomic E-state index is 0.213. The van der Waals surface area contributed by atoms with E-state index < -0.39 is 0 Å². The fourth-order valence-corrected chi connectivity index (χ4v) is 6.18. The maximum Gasteiger partial charge on any atom is 0.145 e. The van der Waals surface area contributed by atoms with E-state index in [0.29, 0.717) is 5.92 Å². The van der Waals surface area contributed by atoms with E-state index in [0.717, 1.165) is 48.5 Å². The van der Waals surface area contributed by atoms with Gasteiger partial charge in [0.1, 0.15) is 11.6 Å². The minimum Gasteiger partial charge on any atom is -0.361 e. The molecule has 5 nitrogen and oxygen atoms in total. The zero-order valence-electron chi connectivity index (χ0n) is 18.8. The molecule has 0 aliphatic heterocycles. The summed E-state index contributed by atoms with van der Waals surface area (Å²) >= 11 is 0. The lowest BCUT2D eigenvalue weighted by atomic mass is 9.56. The van der Waals surface area contributed by atoms with Gasteiger partial charge in [-0.15, -0.1) is 0 Å². The molecule has 5 heteroatoms. The second-order valence-corrected chi connectivity index (χ2v) is 9.37. The number of nitrogens with zero attached hydrogens (tertiary/aromatic N) is 4. The van der Waals surface area contributed by atoms with Crippen LogP contribution >= 0.6 is 0 Å². The number of hydrogen-bond donors (Lipinski definition) is 0. The lowest BCUT2D eigenvalue weighted by Crippen LogP contribution is -2.46. The van der Waals surface area contributed by atoms with Crippen LogP contribution in [0.3, 0.4) is 0 Å². The fraction of sp³-hybridized carbons (Fsp3) is 0.207. The molecule has 0 fully saturated rings. The van der Waals surface area contributed by atoms with Gasteiger partial charge in [-0.1, -0.05) is 53.7 Å². The van der Waals surface area contributed by atoms with Crippen molar-refractivity contribution in [2.75, 3.05) is 0 Å². The molecule has 0 bridgehead atoms. The highest BCUT2D eigenvalue weighted by molar-refractivity contribution is 5.62. The first-order valence-corrected chi connectivity index (χ1v) is 11.9. The van der Waals surface area contributed by atoms with Crippen molar-refractivity contribution in [3.8, 4) is 17.1 Å². The lowest BCUT2D eigenvalue weighted by molar-refractivity contribution is 0.225. The molecule has 3 heterocycles. The minimum atomic E-state index is -0.213. The van der Waals surface area contributed by atoms with Gasteiger partial charge in [0, 0.05) is 46.7 Å². The smallest absolute Gasteiger partial charge is 0.145 e. The average molecular weight is 445 g/mol. The Morgan fingerprint density at radius 1 is 0.912 bits per heavy atom. The van der Waals surface area contributed by atoms with Crippen LogP contribution in [0.15, 0.2) is 95.9 Å². The summed E-state index contributed by atoms with van der Waals surface area (Å²) in [5, 5.41) is 4.15. The van der Waals surface area contributed by atoms with Crippen molar-refractivity contribution in [3.63, 3.8) is 0 Å². The van der Waals surface area contributed by atoms with Gasteiger partial charge in [-0.2, -0.15) is 0 Å². The first kappa shape index (κ1) is 19.5. The Morgan fingerprint density at radius 3 is 2.47 bits per heavy atom. The number of rotatable bonds is 3. The van der Waals surface area contributed by atoms with E-state index in [2.05, 4.69) is 87.5 Å². The SMILES string of the molecule is c1ccc(-n2c(-c3ccncc3)nc3c2CCC2Cc4oncc4CC32c2ccccc2)cc1. The molecule has 0 amide bonds. The third kappa shape index (κ3) is 2.76. The van der Waals surface area contributed by atoms with Gasteiger partial charge >= 0.3 is 0 Å². The molecule has 2 unspecified atom stereocenters. The molecule has 7 rings (SSSR count). The highest BCUT2D eigenvalue weighted by Crippen LogP contribution is 2.53. The summed E-state index contributed by atoms with van der Waals surface area (Å²) in [6.07, 6.45) is 9.40. The number of imidazole rings is 1. The van der Waals surface area contributed by atoms with Crippen molar-refractivity contribution < 1.29 is 4.52 Å². The number of para-hydroxylation sites is 1. The second kappa shape index (κ2) is 7.52. The molecule has 166 valence electrons. The van der Waals surface area contributed by atoms with Gasteiger partial charge in [-0.25, -0.2) is 4.98 Å². The Morgan fingerprint density at radius 2 is 1.68 bits per heavy atom. The van der Waals surface area contributed by atoms with Crippen LogP contribution in [0.4, 0.5) is 0 Å². The molecular weight excluding hydrogens is 420 g/mol. The fourth-order valence-electron chi connectivity index (χ4n) is 6.18. The number of aromatic nitrogens is 4. The van der Waals surface area contributed by atoms with Crippen LogP contribution in [0.25, 0.3) is 17.1 Å². The molecule has 3 aromatic heterocycles. The molecule has 2 aromatic carbocycles. The van der Waals surface area contributed by atoms with Crippen molar-refractivity contribution in [1.82, 2.24) is 19.7 Å². The van der Waals surface area contributed by atoms with E-state index in [9.17, 15) is 0 Å². The summed E-state index contributed by atoms with van der Waals surface area (Å²) in [6.45, 7) is 0. The summed E-state index contributed by atoms with van der Waals surface area (Å²) in [7, 11) is 0. The summed E-state index contributed by atoms with van der Waals surface area (Å²) in [6, 6.07) is 25.7. The zero-order chi connectivity index (χ0) is 22.5. The highest BCUT2D eigenvalue weighted by Gasteiger charge is 2.52. The quantitative estimate of drug-likeness (QED) is 0.365. The predicted molar refractivity (Wildman–Crippen MR) is 130 cm³/mol. The standard InChI is InChI=1S/C29H24N4O/c1-3-7-22(8-4-1)29-18-21-19-31-34-26(21)17-23(29)11-12-25-27(29)32-28(20-13-15-30-16-14-20)33(25)24-9-5-2-6-10-24/h1-10,13-16,19,23H,11-12,17-18H2. The van der Waals surface area contributed by atoms with Crippen LogP contribution < -0.4 is 0 Å². The largest absolute Gasteiger partial charge is 0.361 e. The van der Waals surface area contributed by atoms with E-state index in [-0.39, 0.29) is 5.41 Å². The summed E-state index contributed by atoms with van der Waals surface area (Å²) < 4.78 is 8.03. The van der Waals surface area contributed by atoms with Crippen molar-refractivity contribution >= 4 is 0 Å². The molecule has 0 saturated carbocycles. The summed E-state index contributed by atoms with van der Waals surface area (Å²) in [5.74, 6) is 2.43.